The molecule has 0 aliphatic carbocycles. The summed E-state index contributed by atoms with van der Waals surface area (Å²) in [6.07, 6.45) is 0.558. The molecular weight excluding hydrogens is 352 g/mol. The van der Waals surface area contributed by atoms with Gasteiger partial charge in [0.25, 0.3) is 0 Å². The van der Waals surface area contributed by atoms with E-state index in [0.29, 0.717) is 19.4 Å². The van der Waals surface area contributed by atoms with Crippen LogP contribution in [0, 0.1) is 0 Å². The predicted octanol–water partition coefficient (Wildman–Crippen LogP) is 2.25. The minimum absolute atomic E-state index is 0.0278. The highest BCUT2D eigenvalue weighted by Gasteiger charge is 2.43. The number of nitrogens with one attached hydrogen (secondary N) is 1. The Morgan fingerprint density at radius 2 is 1.59 bits per heavy atom. The van der Waals surface area contributed by atoms with Crippen LogP contribution in [0.3, 0.4) is 0 Å². The van der Waals surface area contributed by atoms with Crippen LogP contribution in [-0.4, -0.2) is 65.9 Å². The maximum Gasteiger partial charge on any atom is 0.411 e. The standard InChI is InChI=1S/C19H34N2O6/c1-8-25-16(23)14-10-9-13(21(14)17(24)27-19(5,6)7)11-20-12-15(22)26-18(2,3)4/h13-14,20H,8-12H2,1-7H3/t13-,14+/m0/s1. The summed E-state index contributed by atoms with van der Waals surface area (Å²) < 4.78 is 15.8. The summed E-state index contributed by atoms with van der Waals surface area (Å²) in [5.74, 6) is -0.802. The Labute approximate surface area is 161 Å². The molecule has 1 amide bonds. The smallest absolute Gasteiger partial charge is 0.411 e. The number of hydrogen-bond donors (Lipinski definition) is 1. The molecule has 1 N–H and O–H groups in total. The van der Waals surface area contributed by atoms with Crippen LogP contribution in [0.25, 0.3) is 0 Å². The molecule has 0 spiro atoms. The van der Waals surface area contributed by atoms with Crippen LogP contribution in [0.1, 0.15) is 61.3 Å². The third-order valence-corrected chi connectivity index (χ3v) is 3.73. The monoisotopic (exact) mass is 386 g/mol. The van der Waals surface area contributed by atoms with Gasteiger partial charge < -0.3 is 19.5 Å². The largest absolute Gasteiger partial charge is 0.464 e. The molecule has 0 bridgehead atoms. The van der Waals surface area contributed by atoms with Crippen LogP contribution in [0.5, 0.6) is 0 Å². The SMILES string of the molecule is CCOC(=O)[C@H]1CC[C@@H](CNCC(=O)OC(C)(C)C)N1C(=O)OC(C)(C)C. The molecule has 0 saturated carbocycles. The Morgan fingerprint density at radius 1 is 1.00 bits per heavy atom. The van der Waals surface area contributed by atoms with Crippen molar-refractivity contribution in [2.75, 3.05) is 19.7 Å². The second-order valence-corrected chi connectivity index (χ2v) is 8.60. The minimum Gasteiger partial charge on any atom is -0.464 e. The van der Waals surface area contributed by atoms with E-state index in [4.69, 9.17) is 14.2 Å². The fourth-order valence-electron chi connectivity index (χ4n) is 2.86. The molecule has 27 heavy (non-hydrogen) atoms. The van der Waals surface area contributed by atoms with E-state index < -0.39 is 29.3 Å². The van der Waals surface area contributed by atoms with E-state index in [1.54, 1.807) is 48.5 Å². The first-order valence-electron chi connectivity index (χ1n) is 9.44. The molecule has 1 fully saturated rings. The van der Waals surface area contributed by atoms with E-state index in [9.17, 15) is 14.4 Å². The Hall–Kier alpha value is -1.83. The highest BCUT2D eigenvalue weighted by molar-refractivity contribution is 5.82. The Balaban J connectivity index is 2.74. The van der Waals surface area contributed by atoms with Gasteiger partial charge in [0.15, 0.2) is 0 Å². The molecule has 1 rings (SSSR count). The lowest BCUT2D eigenvalue weighted by molar-refractivity contribution is -0.154. The molecule has 1 saturated heterocycles. The lowest BCUT2D eigenvalue weighted by Gasteiger charge is -2.31. The first-order chi connectivity index (χ1) is 12.3. The quantitative estimate of drug-likeness (QED) is 0.553. The highest BCUT2D eigenvalue weighted by Crippen LogP contribution is 2.27. The second kappa shape index (κ2) is 9.39. The van der Waals surface area contributed by atoms with Crippen LogP contribution in [0.2, 0.25) is 0 Å². The molecular formula is C19H34N2O6. The van der Waals surface area contributed by atoms with E-state index in [-0.39, 0.29) is 25.2 Å². The zero-order valence-corrected chi connectivity index (χ0v) is 17.6. The Morgan fingerprint density at radius 3 is 2.11 bits per heavy atom. The van der Waals surface area contributed by atoms with Crippen molar-refractivity contribution in [2.24, 2.45) is 0 Å². The van der Waals surface area contributed by atoms with Crippen LogP contribution < -0.4 is 5.32 Å². The number of amides is 1. The number of carbonyl (C=O) groups excluding carboxylic acids is 3. The van der Waals surface area contributed by atoms with Gasteiger partial charge in [-0.05, 0) is 61.3 Å². The summed E-state index contributed by atoms with van der Waals surface area (Å²) >= 11 is 0. The van der Waals surface area contributed by atoms with Gasteiger partial charge in [0, 0.05) is 12.6 Å². The number of carbonyl (C=O) groups is 3. The molecule has 0 aromatic carbocycles. The summed E-state index contributed by atoms with van der Waals surface area (Å²) in [6, 6.07) is -0.940. The summed E-state index contributed by atoms with van der Waals surface area (Å²) in [6.45, 7) is 13.1. The number of rotatable bonds is 6. The number of hydrogen-bond acceptors (Lipinski definition) is 7. The average Bonchev–Trinajstić information content (AvgIpc) is 2.87. The third kappa shape index (κ3) is 8.15. The van der Waals surface area contributed by atoms with Gasteiger partial charge in [-0.15, -0.1) is 0 Å². The molecule has 2 atom stereocenters. The van der Waals surface area contributed by atoms with Crippen molar-refractivity contribution in [3.05, 3.63) is 0 Å². The average molecular weight is 386 g/mol. The van der Waals surface area contributed by atoms with Crippen molar-refractivity contribution >= 4 is 18.0 Å². The topological polar surface area (TPSA) is 94.2 Å². The van der Waals surface area contributed by atoms with Crippen LogP contribution in [0.4, 0.5) is 4.79 Å². The van der Waals surface area contributed by atoms with Gasteiger partial charge in [0.05, 0.1) is 13.2 Å². The predicted molar refractivity (Wildman–Crippen MR) is 100 cm³/mol. The number of ether oxygens (including phenoxy) is 3. The summed E-state index contributed by atoms with van der Waals surface area (Å²) in [5, 5.41) is 3.01. The number of nitrogens with zero attached hydrogens (tertiary/aromatic N) is 1. The van der Waals surface area contributed by atoms with Gasteiger partial charge in [-0.1, -0.05) is 0 Å². The Kier molecular flexibility index (Phi) is 8.07. The molecule has 1 heterocycles. The second-order valence-electron chi connectivity index (χ2n) is 8.60. The van der Waals surface area contributed by atoms with Crippen LogP contribution in [-0.2, 0) is 23.8 Å². The van der Waals surface area contributed by atoms with E-state index >= 15 is 0 Å². The molecule has 1 aliphatic heterocycles. The normalized spacial score (nSPS) is 20.3. The maximum atomic E-state index is 12.7. The molecule has 8 heteroatoms. The molecule has 156 valence electrons. The summed E-state index contributed by atoms with van der Waals surface area (Å²) in [7, 11) is 0. The lowest BCUT2D eigenvalue weighted by atomic mass is 10.2. The van der Waals surface area contributed by atoms with E-state index in [1.807, 2.05) is 0 Å². The van der Waals surface area contributed by atoms with E-state index in [0.717, 1.165) is 0 Å². The van der Waals surface area contributed by atoms with E-state index in [1.165, 1.54) is 4.90 Å². The summed E-state index contributed by atoms with van der Waals surface area (Å²) in [4.78, 5) is 38.2. The Bertz CT molecular complexity index is 535. The zero-order valence-electron chi connectivity index (χ0n) is 17.6. The van der Waals surface area contributed by atoms with Crippen molar-refractivity contribution in [1.29, 1.82) is 0 Å². The molecule has 0 aromatic rings. The zero-order chi connectivity index (χ0) is 20.8. The maximum absolute atomic E-state index is 12.7. The fourth-order valence-corrected chi connectivity index (χ4v) is 2.86. The minimum atomic E-state index is -0.673. The molecule has 8 nitrogen and oxygen atoms in total. The van der Waals surface area contributed by atoms with Crippen molar-refractivity contribution < 1.29 is 28.6 Å². The number of likely N-dealkylation sites (tertiary alicyclic amines) is 1. The van der Waals surface area contributed by atoms with E-state index in [2.05, 4.69) is 5.32 Å². The molecule has 1 aliphatic rings. The third-order valence-electron chi connectivity index (χ3n) is 3.73. The van der Waals surface area contributed by atoms with Gasteiger partial charge in [-0.25, -0.2) is 9.59 Å². The van der Waals surface area contributed by atoms with Crippen LogP contribution in [0.15, 0.2) is 0 Å². The summed E-state index contributed by atoms with van der Waals surface area (Å²) in [5.41, 5.74) is -1.23. The fraction of sp³-hybridized carbons (Fsp3) is 0.842. The van der Waals surface area contributed by atoms with Crippen molar-refractivity contribution in [2.45, 2.75) is 84.6 Å². The van der Waals surface area contributed by atoms with Gasteiger partial charge in [-0.2, -0.15) is 0 Å². The number of esters is 2. The first kappa shape index (κ1) is 23.2. The van der Waals surface area contributed by atoms with Crippen LogP contribution >= 0.6 is 0 Å². The molecule has 0 radical (unpaired) electrons. The molecule has 0 aromatic heterocycles. The lowest BCUT2D eigenvalue weighted by Crippen LogP contribution is -2.50. The highest BCUT2D eigenvalue weighted by atomic mass is 16.6. The molecule has 0 unspecified atom stereocenters. The van der Waals surface area contributed by atoms with Gasteiger partial charge >= 0.3 is 18.0 Å². The van der Waals surface area contributed by atoms with Gasteiger partial charge in [-0.3, -0.25) is 9.69 Å². The van der Waals surface area contributed by atoms with Crippen molar-refractivity contribution in [3.63, 3.8) is 0 Å². The van der Waals surface area contributed by atoms with Crippen molar-refractivity contribution in [1.82, 2.24) is 10.2 Å². The van der Waals surface area contributed by atoms with Gasteiger partial charge in [0.1, 0.15) is 17.2 Å². The van der Waals surface area contributed by atoms with Crippen molar-refractivity contribution in [3.8, 4) is 0 Å². The first-order valence-corrected chi connectivity index (χ1v) is 9.44. The van der Waals surface area contributed by atoms with Gasteiger partial charge in [0.2, 0.25) is 0 Å².